The highest BCUT2D eigenvalue weighted by Crippen LogP contribution is 2.26. The fourth-order valence-corrected chi connectivity index (χ4v) is 5.04. The van der Waals surface area contributed by atoms with E-state index in [0.29, 0.717) is 17.9 Å². The lowest BCUT2D eigenvalue weighted by Gasteiger charge is -2.12. The van der Waals surface area contributed by atoms with E-state index in [0.717, 1.165) is 35.0 Å². The Morgan fingerprint density at radius 3 is 2.84 bits per heavy atom. The first kappa shape index (κ1) is 19.8. The summed E-state index contributed by atoms with van der Waals surface area (Å²) in [6.45, 7) is 2.02. The van der Waals surface area contributed by atoms with Gasteiger partial charge in [-0.15, -0.1) is 0 Å². The number of nitrogens with zero attached hydrogens (tertiary/aromatic N) is 5. The molecule has 5 rings (SSSR count). The second-order valence-electron chi connectivity index (χ2n) is 7.98. The summed E-state index contributed by atoms with van der Waals surface area (Å²) in [4.78, 5) is 16.1. The molecule has 0 bridgehead atoms. The van der Waals surface area contributed by atoms with Crippen molar-refractivity contribution in [3.63, 3.8) is 0 Å². The van der Waals surface area contributed by atoms with Gasteiger partial charge in [-0.3, -0.25) is 0 Å². The van der Waals surface area contributed by atoms with Crippen molar-refractivity contribution in [3.8, 4) is 16.9 Å². The van der Waals surface area contributed by atoms with Crippen LogP contribution in [0.4, 0.5) is 0 Å². The fraction of sp³-hybridized carbons (Fsp3) is 0.333. The maximum absolute atomic E-state index is 12.1. The van der Waals surface area contributed by atoms with Crippen LogP contribution >= 0.6 is 0 Å². The predicted octanol–water partition coefficient (Wildman–Crippen LogP) is 2.78. The summed E-state index contributed by atoms with van der Waals surface area (Å²) >= 11 is 0. The molecule has 0 aromatic carbocycles. The average Bonchev–Trinajstić information content (AvgIpc) is 3.24. The summed E-state index contributed by atoms with van der Waals surface area (Å²) in [6, 6.07) is 5.95. The predicted molar refractivity (Wildman–Crippen MR) is 117 cm³/mol. The van der Waals surface area contributed by atoms with Crippen molar-refractivity contribution in [2.75, 3.05) is 5.75 Å². The summed E-state index contributed by atoms with van der Waals surface area (Å²) in [5.74, 6) is 0.916. The van der Waals surface area contributed by atoms with Crippen LogP contribution in [-0.4, -0.2) is 49.9 Å². The molecule has 0 aliphatic heterocycles. The SMILES string of the molecule is CC(CCS(=O)(=O)NC1CC1)c1ccc(-n2cc(-c3ccnc4nc[nH]c34)cn2)nc1. The van der Waals surface area contributed by atoms with Gasteiger partial charge in [-0.25, -0.2) is 32.8 Å². The third kappa shape index (κ3) is 4.35. The minimum Gasteiger partial charge on any atom is -0.343 e. The van der Waals surface area contributed by atoms with Gasteiger partial charge in [0.05, 0.1) is 23.8 Å². The molecule has 0 saturated heterocycles. The van der Waals surface area contributed by atoms with Crippen molar-refractivity contribution < 1.29 is 8.42 Å². The van der Waals surface area contributed by atoms with Crippen molar-refractivity contribution in [1.82, 2.24) is 34.4 Å². The van der Waals surface area contributed by atoms with Crippen LogP contribution in [0.1, 0.15) is 37.7 Å². The lowest BCUT2D eigenvalue weighted by atomic mass is 10.0. The van der Waals surface area contributed by atoms with Gasteiger partial charge < -0.3 is 4.98 Å². The van der Waals surface area contributed by atoms with Crippen LogP contribution in [0.2, 0.25) is 0 Å². The van der Waals surface area contributed by atoms with Gasteiger partial charge in [0.2, 0.25) is 10.0 Å². The number of hydrogen-bond donors (Lipinski definition) is 2. The molecule has 4 aromatic heterocycles. The van der Waals surface area contributed by atoms with Gasteiger partial charge in [0.25, 0.3) is 0 Å². The highest BCUT2D eigenvalue weighted by atomic mass is 32.2. The van der Waals surface area contributed by atoms with Gasteiger partial charge >= 0.3 is 0 Å². The Morgan fingerprint density at radius 2 is 2.06 bits per heavy atom. The number of imidazole rings is 1. The van der Waals surface area contributed by atoms with E-state index in [-0.39, 0.29) is 17.7 Å². The lowest BCUT2D eigenvalue weighted by Crippen LogP contribution is -2.28. The van der Waals surface area contributed by atoms with E-state index in [2.05, 4.69) is 29.8 Å². The van der Waals surface area contributed by atoms with E-state index in [4.69, 9.17) is 0 Å². The zero-order chi connectivity index (χ0) is 21.4. The van der Waals surface area contributed by atoms with Gasteiger partial charge in [-0.1, -0.05) is 13.0 Å². The Morgan fingerprint density at radius 1 is 1.19 bits per heavy atom. The van der Waals surface area contributed by atoms with E-state index >= 15 is 0 Å². The molecule has 31 heavy (non-hydrogen) atoms. The molecular formula is C21H23N7O2S. The molecule has 1 atom stereocenters. The second-order valence-corrected chi connectivity index (χ2v) is 9.86. The van der Waals surface area contributed by atoms with Crippen LogP contribution in [0.25, 0.3) is 28.1 Å². The van der Waals surface area contributed by atoms with E-state index < -0.39 is 10.0 Å². The third-order valence-electron chi connectivity index (χ3n) is 5.54. The second kappa shape index (κ2) is 7.86. The maximum Gasteiger partial charge on any atom is 0.211 e. The lowest BCUT2D eigenvalue weighted by molar-refractivity contribution is 0.573. The Bertz CT molecular complexity index is 1310. The molecule has 1 saturated carbocycles. The maximum atomic E-state index is 12.1. The number of aromatic amines is 1. The Labute approximate surface area is 180 Å². The molecule has 4 aromatic rings. The molecule has 0 radical (unpaired) electrons. The Kier molecular flexibility index (Phi) is 5.03. The standard InChI is InChI=1S/C21H23N7O2S/c1-14(7-9-31(29,30)27-17-3-4-17)15-2-5-19(23-10-15)28-12-16(11-26-28)18-6-8-22-21-20(18)24-13-25-21/h2,5-6,8,10-14,17,27H,3-4,7,9H2,1H3,(H,22,24,25). The molecule has 1 fully saturated rings. The summed E-state index contributed by atoms with van der Waals surface area (Å²) in [5.41, 5.74) is 4.44. The number of sulfonamides is 1. The molecule has 4 heterocycles. The molecule has 10 heteroatoms. The molecule has 1 aliphatic carbocycles. The monoisotopic (exact) mass is 437 g/mol. The smallest absolute Gasteiger partial charge is 0.211 e. The number of H-pyrrole nitrogens is 1. The third-order valence-corrected chi connectivity index (χ3v) is 7.00. The number of rotatable bonds is 8. The van der Waals surface area contributed by atoms with Gasteiger partial charge in [-0.2, -0.15) is 5.10 Å². The molecule has 1 aliphatic rings. The average molecular weight is 438 g/mol. The molecule has 0 spiro atoms. The van der Waals surface area contributed by atoms with Gasteiger partial charge in [0.15, 0.2) is 11.5 Å². The zero-order valence-electron chi connectivity index (χ0n) is 17.1. The molecule has 0 amide bonds. The van der Waals surface area contributed by atoms with Crippen molar-refractivity contribution in [2.45, 2.75) is 38.1 Å². The summed E-state index contributed by atoms with van der Waals surface area (Å²) < 4.78 is 28.6. The Balaban J connectivity index is 1.28. The quantitative estimate of drug-likeness (QED) is 0.438. The Hall–Kier alpha value is -3.11. The molecule has 1 unspecified atom stereocenters. The highest BCUT2D eigenvalue weighted by molar-refractivity contribution is 7.89. The van der Waals surface area contributed by atoms with Crippen molar-refractivity contribution in [2.24, 2.45) is 0 Å². The number of aromatic nitrogens is 6. The normalized spacial score (nSPS) is 15.4. The largest absolute Gasteiger partial charge is 0.343 e. The van der Waals surface area contributed by atoms with E-state index in [9.17, 15) is 8.42 Å². The van der Waals surface area contributed by atoms with Gasteiger partial charge in [0.1, 0.15) is 0 Å². The van der Waals surface area contributed by atoms with Crippen molar-refractivity contribution in [3.05, 3.63) is 54.9 Å². The van der Waals surface area contributed by atoms with Crippen LogP contribution in [0, 0.1) is 0 Å². The number of nitrogens with one attached hydrogen (secondary N) is 2. The summed E-state index contributed by atoms with van der Waals surface area (Å²) in [7, 11) is -3.20. The number of hydrogen-bond acceptors (Lipinski definition) is 6. The number of pyridine rings is 2. The number of fused-ring (bicyclic) bond motifs is 1. The molecule has 160 valence electrons. The van der Waals surface area contributed by atoms with Gasteiger partial charge in [0, 0.05) is 35.8 Å². The molecule has 9 nitrogen and oxygen atoms in total. The van der Waals surface area contributed by atoms with Crippen molar-refractivity contribution in [1.29, 1.82) is 0 Å². The molecular weight excluding hydrogens is 414 g/mol. The van der Waals surface area contributed by atoms with Crippen LogP contribution in [0.15, 0.2) is 49.3 Å². The summed E-state index contributed by atoms with van der Waals surface area (Å²) in [6.07, 6.45) is 11.3. The topological polar surface area (TPSA) is 118 Å². The zero-order valence-corrected chi connectivity index (χ0v) is 17.9. The molecule has 2 N–H and O–H groups in total. The summed E-state index contributed by atoms with van der Waals surface area (Å²) in [5, 5.41) is 4.44. The van der Waals surface area contributed by atoms with Gasteiger partial charge in [-0.05, 0) is 42.9 Å². The first-order chi connectivity index (χ1) is 15.0. The van der Waals surface area contributed by atoms with Crippen LogP contribution in [0.3, 0.4) is 0 Å². The van der Waals surface area contributed by atoms with E-state index in [1.165, 1.54) is 0 Å². The first-order valence-corrected chi connectivity index (χ1v) is 11.9. The van der Waals surface area contributed by atoms with Crippen LogP contribution in [0.5, 0.6) is 0 Å². The first-order valence-electron chi connectivity index (χ1n) is 10.3. The minimum atomic E-state index is -3.20. The van der Waals surface area contributed by atoms with E-state index in [1.54, 1.807) is 29.6 Å². The van der Waals surface area contributed by atoms with E-state index in [1.807, 2.05) is 31.3 Å². The fourth-order valence-electron chi connectivity index (χ4n) is 3.51. The van der Waals surface area contributed by atoms with Crippen LogP contribution < -0.4 is 4.72 Å². The van der Waals surface area contributed by atoms with Crippen LogP contribution in [-0.2, 0) is 10.0 Å². The minimum absolute atomic E-state index is 0.0935. The van der Waals surface area contributed by atoms with Crippen molar-refractivity contribution >= 4 is 21.2 Å². The highest BCUT2D eigenvalue weighted by Gasteiger charge is 2.27.